The highest BCUT2D eigenvalue weighted by Crippen LogP contribution is 2.23. The average Bonchev–Trinajstić information content (AvgIpc) is 2.33. The zero-order valence-electron chi connectivity index (χ0n) is 10.2. The zero-order valence-corrected chi connectivity index (χ0v) is 12.6. The predicted octanol–water partition coefficient (Wildman–Crippen LogP) is 1.79. The topological polar surface area (TPSA) is 58.2 Å². The molecule has 1 aromatic carbocycles. The van der Waals surface area contributed by atoms with E-state index in [0.29, 0.717) is 15.9 Å². The molecular formula is C12H17BrN2O2S. The van der Waals surface area contributed by atoms with Crippen molar-refractivity contribution in [2.24, 2.45) is 0 Å². The molecule has 1 aromatic rings. The van der Waals surface area contributed by atoms with Crippen LogP contribution in [0, 0.1) is 6.92 Å². The van der Waals surface area contributed by atoms with Crippen LogP contribution in [0.5, 0.6) is 0 Å². The van der Waals surface area contributed by atoms with Crippen LogP contribution >= 0.6 is 15.9 Å². The molecule has 1 heterocycles. The molecule has 0 aliphatic carbocycles. The first-order valence-electron chi connectivity index (χ1n) is 5.98. The molecule has 1 atom stereocenters. The molecule has 0 unspecified atom stereocenters. The van der Waals surface area contributed by atoms with Crippen LogP contribution in [-0.2, 0) is 10.0 Å². The first-order chi connectivity index (χ1) is 8.49. The van der Waals surface area contributed by atoms with Gasteiger partial charge in [-0.2, -0.15) is 0 Å². The molecule has 0 saturated carbocycles. The Morgan fingerprint density at radius 1 is 1.44 bits per heavy atom. The molecule has 4 nitrogen and oxygen atoms in total. The molecule has 100 valence electrons. The fourth-order valence-corrected chi connectivity index (χ4v) is 4.37. The van der Waals surface area contributed by atoms with Crippen molar-refractivity contribution in [1.82, 2.24) is 10.0 Å². The summed E-state index contributed by atoms with van der Waals surface area (Å²) in [5.74, 6) is 0. The molecule has 1 fully saturated rings. The van der Waals surface area contributed by atoms with Crippen molar-refractivity contribution in [2.75, 3.05) is 13.1 Å². The molecule has 1 aliphatic rings. The van der Waals surface area contributed by atoms with E-state index >= 15 is 0 Å². The Bertz CT molecular complexity index is 525. The zero-order chi connectivity index (χ0) is 13.2. The summed E-state index contributed by atoms with van der Waals surface area (Å²) in [7, 11) is -3.45. The van der Waals surface area contributed by atoms with Crippen LogP contribution in [0.3, 0.4) is 0 Å². The van der Waals surface area contributed by atoms with E-state index in [9.17, 15) is 8.42 Å². The van der Waals surface area contributed by atoms with Crippen LogP contribution in [0.4, 0.5) is 0 Å². The second-order valence-corrected chi connectivity index (χ2v) is 7.14. The van der Waals surface area contributed by atoms with E-state index in [1.54, 1.807) is 12.1 Å². The van der Waals surface area contributed by atoms with E-state index in [0.717, 1.165) is 24.9 Å². The van der Waals surface area contributed by atoms with Gasteiger partial charge in [-0.1, -0.05) is 6.07 Å². The van der Waals surface area contributed by atoms with Crippen LogP contribution < -0.4 is 10.0 Å². The quantitative estimate of drug-likeness (QED) is 0.887. The van der Waals surface area contributed by atoms with Crippen molar-refractivity contribution in [1.29, 1.82) is 0 Å². The van der Waals surface area contributed by atoms with Crippen LogP contribution in [0.2, 0.25) is 0 Å². The Kier molecular flexibility index (Phi) is 4.42. The van der Waals surface area contributed by atoms with E-state index < -0.39 is 10.0 Å². The van der Waals surface area contributed by atoms with Gasteiger partial charge in [0.1, 0.15) is 0 Å². The third kappa shape index (κ3) is 3.32. The summed E-state index contributed by atoms with van der Waals surface area (Å²) in [5.41, 5.74) is 0.931. The fourth-order valence-electron chi connectivity index (χ4n) is 2.05. The largest absolute Gasteiger partial charge is 0.315 e. The van der Waals surface area contributed by atoms with Crippen LogP contribution in [-0.4, -0.2) is 27.5 Å². The normalized spacial score (nSPS) is 20.9. The van der Waals surface area contributed by atoms with Crippen molar-refractivity contribution in [3.8, 4) is 0 Å². The smallest absolute Gasteiger partial charge is 0.241 e. The van der Waals surface area contributed by atoms with Crippen molar-refractivity contribution >= 4 is 26.0 Å². The first-order valence-corrected chi connectivity index (χ1v) is 8.26. The molecule has 0 amide bonds. The van der Waals surface area contributed by atoms with Crippen LogP contribution in [0.25, 0.3) is 0 Å². The van der Waals surface area contributed by atoms with Gasteiger partial charge in [-0.25, -0.2) is 13.1 Å². The summed E-state index contributed by atoms with van der Waals surface area (Å²) < 4.78 is 28.0. The third-order valence-corrected chi connectivity index (χ3v) is 5.51. The maximum Gasteiger partial charge on any atom is 0.241 e. The predicted molar refractivity (Wildman–Crippen MR) is 75.1 cm³/mol. The van der Waals surface area contributed by atoms with Crippen LogP contribution in [0.15, 0.2) is 27.6 Å². The van der Waals surface area contributed by atoms with E-state index in [1.807, 2.05) is 13.0 Å². The highest BCUT2D eigenvalue weighted by atomic mass is 79.9. The van der Waals surface area contributed by atoms with Gasteiger partial charge in [0.2, 0.25) is 10.0 Å². The van der Waals surface area contributed by atoms with E-state index in [-0.39, 0.29) is 6.04 Å². The molecule has 2 N–H and O–H groups in total. The molecule has 0 radical (unpaired) electrons. The minimum Gasteiger partial charge on any atom is -0.315 e. The van der Waals surface area contributed by atoms with Crippen molar-refractivity contribution in [2.45, 2.75) is 30.7 Å². The van der Waals surface area contributed by atoms with Gasteiger partial charge >= 0.3 is 0 Å². The minimum atomic E-state index is -3.45. The standard InChI is InChI=1S/C12H17BrN2O2S/c1-9-4-5-11(13)12(7-9)18(16,17)15-10-3-2-6-14-8-10/h4-5,7,10,14-15H,2-3,6,8H2,1H3/t10-/m1/s1. The number of rotatable bonds is 3. The summed E-state index contributed by atoms with van der Waals surface area (Å²) in [6.45, 7) is 3.54. The molecule has 0 spiro atoms. The Balaban J connectivity index is 2.21. The molecule has 1 saturated heterocycles. The van der Waals surface area contributed by atoms with Gasteiger partial charge in [-0.3, -0.25) is 0 Å². The van der Waals surface area contributed by atoms with E-state index in [1.165, 1.54) is 0 Å². The number of hydrogen-bond acceptors (Lipinski definition) is 3. The fraction of sp³-hybridized carbons (Fsp3) is 0.500. The minimum absolute atomic E-state index is 0.0174. The molecule has 1 aliphatic heterocycles. The average molecular weight is 333 g/mol. The van der Waals surface area contributed by atoms with Gasteiger partial charge in [0.15, 0.2) is 0 Å². The summed E-state index contributed by atoms with van der Waals surface area (Å²) >= 11 is 3.30. The number of aryl methyl sites for hydroxylation is 1. The monoisotopic (exact) mass is 332 g/mol. The summed E-state index contributed by atoms with van der Waals surface area (Å²) in [6, 6.07) is 5.31. The second-order valence-electron chi connectivity index (χ2n) is 4.60. The molecule has 0 aromatic heterocycles. The number of benzene rings is 1. The SMILES string of the molecule is Cc1ccc(Br)c(S(=O)(=O)N[C@@H]2CCCNC2)c1. The molecule has 18 heavy (non-hydrogen) atoms. The maximum absolute atomic E-state index is 12.3. The van der Waals surface area contributed by atoms with Gasteiger partial charge in [0.25, 0.3) is 0 Å². The van der Waals surface area contributed by atoms with Gasteiger partial charge in [0.05, 0.1) is 4.90 Å². The lowest BCUT2D eigenvalue weighted by atomic mass is 10.1. The highest BCUT2D eigenvalue weighted by molar-refractivity contribution is 9.10. The van der Waals surface area contributed by atoms with Gasteiger partial charge in [-0.05, 0) is 59.9 Å². The highest BCUT2D eigenvalue weighted by Gasteiger charge is 2.23. The number of nitrogens with one attached hydrogen (secondary N) is 2. The molecular weight excluding hydrogens is 316 g/mol. The Morgan fingerprint density at radius 2 is 2.22 bits per heavy atom. The number of sulfonamides is 1. The van der Waals surface area contributed by atoms with Crippen molar-refractivity contribution < 1.29 is 8.42 Å². The Hall–Kier alpha value is -0.430. The third-order valence-electron chi connectivity index (χ3n) is 2.99. The van der Waals surface area contributed by atoms with E-state index in [2.05, 4.69) is 26.0 Å². The molecule has 0 bridgehead atoms. The Labute approximate surface area is 116 Å². The summed E-state index contributed by atoms with van der Waals surface area (Å²) in [4.78, 5) is 0.313. The number of halogens is 1. The number of piperidine rings is 1. The van der Waals surface area contributed by atoms with Crippen molar-refractivity contribution in [3.05, 3.63) is 28.2 Å². The lowest BCUT2D eigenvalue weighted by Gasteiger charge is -2.23. The molecule has 2 rings (SSSR count). The molecule has 6 heteroatoms. The lowest BCUT2D eigenvalue weighted by molar-refractivity contribution is 0.428. The van der Waals surface area contributed by atoms with Gasteiger partial charge in [-0.15, -0.1) is 0 Å². The summed E-state index contributed by atoms with van der Waals surface area (Å²) in [5, 5.41) is 3.20. The lowest BCUT2D eigenvalue weighted by Crippen LogP contribution is -2.45. The van der Waals surface area contributed by atoms with Gasteiger partial charge < -0.3 is 5.32 Å². The maximum atomic E-state index is 12.3. The first kappa shape index (κ1) is 14.0. The summed E-state index contributed by atoms with van der Waals surface area (Å²) in [6.07, 6.45) is 1.89. The number of hydrogen-bond donors (Lipinski definition) is 2. The van der Waals surface area contributed by atoms with Crippen molar-refractivity contribution in [3.63, 3.8) is 0 Å². The Morgan fingerprint density at radius 3 is 2.89 bits per heavy atom. The van der Waals surface area contributed by atoms with Gasteiger partial charge in [0, 0.05) is 17.1 Å². The second kappa shape index (κ2) is 5.69. The van der Waals surface area contributed by atoms with Crippen LogP contribution in [0.1, 0.15) is 18.4 Å². The van der Waals surface area contributed by atoms with E-state index in [4.69, 9.17) is 0 Å².